The fourth-order valence-corrected chi connectivity index (χ4v) is 3.24. The van der Waals surface area contributed by atoms with Crippen LogP contribution in [0.4, 0.5) is 0 Å². The summed E-state index contributed by atoms with van der Waals surface area (Å²) in [4.78, 5) is 20.2. The van der Waals surface area contributed by atoms with E-state index in [1.54, 1.807) is 25.6 Å². The molecular weight excluding hydrogens is 316 g/mol. The number of aldehydes is 1. The molecule has 2 heterocycles. The van der Waals surface area contributed by atoms with Crippen LogP contribution in [-0.4, -0.2) is 24.1 Å². The van der Waals surface area contributed by atoms with Crippen molar-refractivity contribution in [2.75, 3.05) is 7.11 Å². The summed E-state index contributed by atoms with van der Waals surface area (Å²) in [6.45, 7) is 0. The van der Waals surface area contributed by atoms with Gasteiger partial charge in [-0.15, -0.1) is 0 Å². The molecule has 5 heteroatoms. The van der Waals surface area contributed by atoms with Crippen molar-refractivity contribution in [3.63, 3.8) is 0 Å². The molecule has 0 radical (unpaired) electrons. The topological polar surface area (TPSA) is 64.7 Å². The number of carbonyl (C=O) groups excluding carboxylic acids is 1. The third kappa shape index (κ3) is 2.74. The molecule has 0 spiro atoms. The highest BCUT2D eigenvalue weighted by molar-refractivity contribution is 6.04. The van der Waals surface area contributed by atoms with Gasteiger partial charge in [0.2, 0.25) is 0 Å². The second-order valence-corrected chi connectivity index (χ2v) is 5.84. The molecule has 4 rings (SSSR count). The highest BCUT2D eigenvalue weighted by Gasteiger charge is 2.21. The standard InChI is InChI=1S/C20H16N2O3/c1-24-22-19-5-3-14-10-15(2-4-17(14)19)18-11-16(12-23)25-20(18)13-6-8-21-9-7-13/h2,4,6-12H,3,5H2,1H3. The number of fused-ring (bicyclic) bond motifs is 1. The van der Waals surface area contributed by atoms with Crippen LogP contribution in [0.5, 0.6) is 0 Å². The summed E-state index contributed by atoms with van der Waals surface area (Å²) in [6, 6.07) is 11.7. The molecule has 0 saturated heterocycles. The van der Waals surface area contributed by atoms with E-state index in [0.29, 0.717) is 11.5 Å². The minimum atomic E-state index is 0.309. The summed E-state index contributed by atoms with van der Waals surface area (Å²) >= 11 is 0. The average Bonchev–Trinajstić information content (AvgIpc) is 3.27. The number of nitrogens with zero attached hydrogens (tertiary/aromatic N) is 2. The maximum Gasteiger partial charge on any atom is 0.185 e. The van der Waals surface area contributed by atoms with Gasteiger partial charge >= 0.3 is 0 Å². The van der Waals surface area contributed by atoms with Crippen molar-refractivity contribution in [1.29, 1.82) is 0 Å². The SMILES string of the molecule is CON=C1CCc2cc(-c3cc(C=O)oc3-c3ccncc3)ccc21. The number of hydrogen-bond donors (Lipinski definition) is 0. The Labute approximate surface area is 145 Å². The number of hydrogen-bond acceptors (Lipinski definition) is 5. The van der Waals surface area contributed by atoms with Crippen LogP contribution in [0.15, 0.2) is 58.4 Å². The number of oxime groups is 1. The molecule has 2 aromatic heterocycles. The lowest BCUT2D eigenvalue weighted by Gasteiger charge is -2.06. The van der Waals surface area contributed by atoms with Crippen LogP contribution in [0, 0.1) is 0 Å². The second-order valence-electron chi connectivity index (χ2n) is 5.84. The first-order valence-electron chi connectivity index (χ1n) is 8.03. The predicted octanol–water partition coefficient (Wildman–Crippen LogP) is 4.12. The van der Waals surface area contributed by atoms with E-state index < -0.39 is 0 Å². The fraction of sp³-hybridized carbons (Fsp3) is 0.150. The number of aryl methyl sites for hydroxylation is 1. The normalized spacial score (nSPS) is 14.5. The highest BCUT2D eigenvalue weighted by Crippen LogP contribution is 2.36. The number of carbonyl (C=O) groups is 1. The Hall–Kier alpha value is -3.21. The highest BCUT2D eigenvalue weighted by atomic mass is 16.6. The fourth-order valence-electron chi connectivity index (χ4n) is 3.24. The first kappa shape index (κ1) is 15.3. The Bertz CT molecular complexity index is 958. The van der Waals surface area contributed by atoms with Crippen LogP contribution in [0.3, 0.4) is 0 Å². The first-order valence-corrected chi connectivity index (χ1v) is 8.03. The van der Waals surface area contributed by atoms with Crippen molar-refractivity contribution >= 4 is 12.0 Å². The Morgan fingerprint density at radius 1 is 1.08 bits per heavy atom. The minimum absolute atomic E-state index is 0.309. The van der Waals surface area contributed by atoms with Crippen molar-refractivity contribution in [1.82, 2.24) is 4.98 Å². The molecule has 0 amide bonds. The average molecular weight is 332 g/mol. The van der Waals surface area contributed by atoms with E-state index >= 15 is 0 Å². The van der Waals surface area contributed by atoms with Crippen LogP contribution in [-0.2, 0) is 11.3 Å². The quantitative estimate of drug-likeness (QED) is 0.532. The summed E-state index contributed by atoms with van der Waals surface area (Å²) in [5.74, 6) is 0.983. The Balaban J connectivity index is 1.82. The second kappa shape index (κ2) is 6.36. The van der Waals surface area contributed by atoms with E-state index in [-0.39, 0.29) is 0 Å². The molecule has 1 aromatic carbocycles. The van der Waals surface area contributed by atoms with Gasteiger partial charge in [-0.3, -0.25) is 9.78 Å². The van der Waals surface area contributed by atoms with Crippen molar-refractivity contribution < 1.29 is 14.0 Å². The van der Waals surface area contributed by atoms with Crippen molar-refractivity contribution in [2.24, 2.45) is 5.16 Å². The van der Waals surface area contributed by atoms with Gasteiger partial charge in [0.1, 0.15) is 12.9 Å². The van der Waals surface area contributed by atoms with E-state index in [1.807, 2.05) is 18.2 Å². The smallest absolute Gasteiger partial charge is 0.185 e. The molecule has 1 aliphatic carbocycles. The number of benzene rings is 1. The van der Waals surface area contributed by atoms with Gasteiger partial charge in [0.05, 0.1) is 5.71 Å². The maximum absolute atomic E-state index is 11.2. The van der Waals surface area contributed by atoms with Crippen LogP contribution >= 0.6 is 0 Å². The first-order chi connectivity index (χ1) is 12.3. The molecule has 0 bridgehead atoms. The van der Waals surface area contributed by atoms with E-state index in [0.717, 1.165) is 47.1 Å². The minimum Gasteiger partial charge on any atom is -0.453 e. The number of pyridine rings is 1. The lowest BCUT2D eigenvalue weighted by Crippen LogP contribution is -1.95. The molecule has 3 aromatic rings. The van der Waals surface area contributed by atoms with Crippen LogP contribution < -0.4 is 0 Å². The molecule has 124 valence electrons. The van der Waals surface area contributed by atoms with Gasteiger partial charge in [0, 0.05) is 29.1 Å². The third-order valence-electron chi connectivity index (χ3n) is 4.37. The van der Waals surface area contributed by atoms with E-state index in [4.69, 9.17) is 9.25 Å². The largest absolute Gasteiger partial charge is 0.453 e. The zero-order chi connectivity index (χ0) is 17.2. The molecule has 0 atom stereocenters. The predicted molar refractivity (Wildman–Crippen MR) is 94.6 cm³/mol. The lowest BCUT2D eigenvalue weighted by atomic mass is 9.98. The van der Waals surface area contributed by atoms with E-state index in [2.05, 4.69) is 22.3 Å². The number of rotatable bonds is 4. The van der Waals surface area contributed by atoms with Gasteiger partial charge < -0.3 is 9.25 Å². The maximum atomic E-state index is 11.2. The van der Waals surface area contributed by atoms with Crippen LogP contribution in [0.2, 0.25) is 0 Å². The molecule has 1 aliphatic rings. The van der Waals surface area contributed by atoms with Gasteiger partial charge in [-0.1, -0.05) is 23.4 Å². The Morgan fingerprint density at radius 2 is 1.92 bits per heavy atom. The Morgan fingerprint density at radius 3 is 2.68 bits per heavy atom. The van der Waals surface area contributed by atoms with Gasteiger partial charge in [0.15, 0.2) is 12.0 Å². The molecule has 0 fully saturated rings. The van der Waals surface area contributed by atoms with Gasteiger partial charge in [-0.2, -0.15) is 0 Å². The van der Waals surface area contributed by atoms with Crippen LogP contribution in [0.1, 0.15) is 28.1 Å². The van der Waals surface area contributed by atoms with Gasteiger partial charge in [-0.25, -0.2) is 0 Å². The monoisotopic (exact) mass is 332 g/mol. The summed E-state index contributed by atoms with van der Waals surface area (Å²) in [6.07, 6.45) is 5.94. The van der Waals surface area contributed by atoms with Gasteiger partial charge in [0.25, 0.3) is 0 Å². The Kier molecular flexibility index (Phi) is 3.90. The molecule has 25 heavy (non-hydrogen) atoms. The van der Waals surface area contributed by atoms with Crippen molar-refractivity contribution in [3.8, 4) is 22.5 Å². The summed E-state index contributed by atoms with van der Waals surface area (Å²) in [7, 11) is 1.56. The lowest BCUT2D eigenvalue weighted by molar-refractivity contribution is 0.110. The summed E-state index contributed by atoms with van der Waals surface area (Å²) in [5.41, 5.74) is 6.12. The number of aromatic nitrogens is 1. The molecular formula is C20H16N2O3. The molecule has 0 N–H and O–H groups in total. The van der Waals surface area contributed by atoms with E-state index in [9.17, 15) is 4.79 Å². The zero-order valence-corrected chi connectivity index (χ0v) is 13.7. The molecule has 0 unspecified atom stereocenters. The van der Waals surface area contributed by atoms with Crippen molar-refractivity contribution in [2.45, 2.75) is 12.8 Å². The summed E-state index contributed by atoms with van der Waals surface area (Å²) < 4.78 is 5.74. The molecule has 5 nitrogen and oxygen atoms in total. The molecule has 0 saturated carbocycles. The zero-order valence-electron chi connectivity index (χ0n) is 13.7. The number of furan rings is 1. The summed E-state index contributed by atoms with van der Waals surface area (Å²) in [5, 5.41) is 4.09. The van der Waals surface area contributed by atoms with Crippen LogP contribution in [0.25, 0.3) is 22.5 Å². The van der Waals surface area contributed by atoms with Crippen molar-refractivity contribution in [3.05, 3.63) is 65.7 Å². The van der Waals surface area contributed by atoms with E-state index in [1.165, 1.54) is 5.56 Å². The molecule has 0 aliphatic heterocycles. The third-order valence-corrected chi connectivity index (χ3v) is 4.37. The van der Waals surface area contributed by atoms with Gasteiger partial charge in [-0.05, 0) is 42.2 Å².